The Kier molecular flexibility index (Phi) is 7.41. The van der Waals surface area contributed by atoms with Crippen LogP contribution in [0.25, 0.3) is 17.0 Å². The summed E-state index contributed by atoms with van der Waals surface area (Å²) < 4.78 is 7.57. The van der Waals surface area contributed by atoms with Crippen LogP contribution in [0.3, 0.4) is 0 Å². The number of aliphatic hydroxyl groups excluding tert-OH is 1. The number of hydrogen-bond donors (Lipinski definition) is 4. The molecule has 10 nitrogen and oxygen atoms in total. The number of benzene rings is 1. The van der Waals surface area contributed by atoms with Crippen LogP contribution >= 0.6 is 0 Å². The molecular formula is C24H26N8O2. The number of nitrogens with zero attached hydrogens (tertiary/aromatic N) is 5. The number of hydrogen-bond acceptors (Lipinski definition) is 9. The molecule has 174 valence electrons. The molecule has 0 saturated heterocycles. The van der Waals surface area contributed by atoms with Crippen molar-refractivity contribution in [3.8, 4) is 17.1 Å². The Labute approximate surface area is 196 Å². The van der Waals surface area contributed by atoms with Gasteiger partial charge in [-0.3, -0.25) is 4.40 Å². The van der Waals surface area contributed by atoms with E-state index in [0.29, 0.717) is 36.9 Å². The zero-order valence-electron chi connectivity index (χ0n) is 18.8. The maximum absolute atomic E-state index is 8.90. The van der Waals surface area contributed by atoms with Crippen molar-refractivity contribution in [2.75, 3.05) is 25.6 Å². The van der Waals surface area contributed by atoms with Gasteiger partial charge in [-0.05, 0) is 11.6 Å². The minimum Gasteiger partial charge on any atom is -0.493 e. The van der Waals surface area contributed by atoms with Crippen molar-refractivity contribution in [1.82, 2.24) is 24.8 Å². The van der Waals surface area contributed by atoms with Crippen molar-refractivity contribution in [3.05, 3.63) is 72.3 Å². The number of hydrazone groups is 1. The number of fused-ring (bicyclic) bond motifs is 1. The Balaban J connectivity index is 1.45. The van der Waals surface area contributed by atoms with Crippen LogP contribution in [0.2, 0.25) is 0 Å². The largest absolute Gasteiger partial charge is 0.493 e. The van der Waals surface area contributed by atoms with E-state index in [-0.39, 0.29) is 6.61 Å². The highest BCUT2D eigenvalue weighted by atomic mass is 16.5. The molecule has 0 atom stereocenters. The van der Waals surface area contributed by atoms with Gasteiger partial charge in [0, 0.05) is 56.7 Å². The van der Waals surface area contributed by atoms with E-state index in [1.54, 1.807) is 13.2 Å². The summed E-state index contributed by atoms with van der Waals surface area (Å²) in [7, 11) is 1.71. The first-order valence-corrected chi connectivity index (χ1v) is 10.8. The minimum absolute atomic E-state index is 0.0995. The number of aromatic nitrogens is 4. The molecule has 1 aromatic carbocycles. The Morgan fingerprint density at radius 3 is 2.79 bits per heavy atom. The molecule has 0 spiro atoms. The Morgan fingerprint density at radius 1 is 1.18 bits per heavy atom. The predicted molar refractivity (Wildman–Crippen MR) is 132 cm³/mol. The Hall–Kier alpha value is -4.31. The van der Waals surface area contributed by atoms with Crippen molar-refractivity contribution in [1.29, 1.82) is 5.41 Å². The fourth-order valence-electron chi connectivity index (χ4n) is 3.38. The van der Waals surface area contributed by atoms with Crippen molar-refractivity contribution < 1.29 is 9.84 Å². The van der Waals surface area contributed by atoms with Crippen molar-refractivity contribution in [3.63, 3.8) is 0 Å². The highest BCUT2D eigenvalue weighted by Crippen LogP contribution is 2.23. The molecule has 0 aliphatic heterocycles. The molecule has 4 aromatic rings. The molecule has 0 unspecified atom stereocenters. The third-order valence-electron chi connectivity index (χ3n) is 5.08. The number of imidazole rings is 1. The van der Waals surface area contributed by atoms with Crippen LogP contribution in [-0.2, 0) is 6.54 Å². The van der Waals surface area contributed by atoms with E-state index >= 15 is 0 Å². The van der Waals surface area contributed by atoms with Gasteiger partial charge in [0.05, 0.1) is 24.2 Å². The minimum atomic E-state index is 0.0995. The lowest BCUT2D eigenvalue weighted by atomic mass is 10.1. The first-order chi connectivity index (χ1) is 16.7. The lowest BCUT2D eigenvalue weighted by Gasteiger charge is -2.09. The van der Waals surface area contributed by atoms with E-state index < -0.39 is 0 Å². The molecule has 0 saturated carbocycles. The number of anilines is 1. The van der Waals surface area contributed by atoms with E-state index in [9.17, 15) is 0 Å². The number of rotatable bonds is 11. The molecular weight excluding hydrogens is 432 g/mol. The summed E-state index contributed by atoms with van der Waals surface area (Å²) in [4.78, 5) is 13.2. The molecule has 0 fully saturated rings. The van der Waals surface area contributed by atoms with Gasteiger partial charge in [0.15, 0.2) is 0 Å². The summed E-state index contributed by atoms with van der Waals surface area (Å²) in [6.45, 7) is 1.14. The lowest BCUT2D eigenvalue weighted by Crippen LogP contribution is -2.08. The van der Waals surface area contributed by atoms with Gasteiger partial charge < -0.3 is 26.0 Å². The third kappa shape index (κ3) is 5.36. The quantitative estimate of drug-likeness (QED) is 0.154. The standard InChI is InChI=1S/C24H26N8O2/c1-26-31-21(13-25)18-5-3-17(4-6-18)14-27-23-12-20(29-16-30-23)22-15-28-24-11-19(7-8-32(22)24)34-10-2-9-33/h3-8,11-13,15-16,25-26,33H,2,9-10,14H2,1H3,(H,27,29,30)/b25-13?,31-21+. The molecule has 0 amide bonds. The predicted octanol–water partition coefficient (Wildman–Crippen LogP) is 2.74. The highest BCUT2D eigenvalue weighted by Gasteiger charge is 2.10. The van der Waals surface area contributed by atoms with Crippen LogP contribution in [0, 0.1) is 5.41 Å². The Morgan fingerprint density at radius 2 is 2.03 bits per heavy atom. The maximum Gasteiger partial charge on any atom is 0.140 e. The molecule has 0 aliphatic carbocycles. The first-order valence-electron chi connectivity index (χ1n) is 10.8. The first kappa shape index (κ1) is 22.9. The SMILES string of the molecule is CN/N=C(\C=N)c1ccc(CNc2cc(-c3cnc4cc(OCCCO)ccn34)ncn2)cc1. The van der Waals surface area contributed by atoms with Gasteiger partial charge in [0.2, 0.25) is 0 Å². The molecule has 4 rings (SSSR count). The van der Waals surface area contributed by atoms with Crippen LogP contribution in [-0.4, -0.2) is 56.6 Å². The summed E-state index contributed by atoms with van der Waals surface area (Å²) in [5.41, 5.74) is 7.55. The number of ether oxygens (including phenoxy) is 1. The second-order valence-corrected chi connectivity index (χ2v) is 7.36. The number of nitrogens with one attached hydrogen (secondary N) is 3. The molecule has 4 N–H and O–H groups in total. The normalized spacial score (nSPS) is 11.4. The van der Waals surface area contributed by atoms with Crippen molar-refractivity contribution in [2.24, 2.45) is 5.10 Å². The fraction of sp³-hybridized carbons (Fsp3) is 0.208. The summed E-state index contributed by atoms with van der Waals surface area (Å²) in [6, 6.07) is 13.5. The average molecular weight is 459 g/mol. The smallest absolute Gasteiger partial charge is 0.140 e. The topological polar surface area (TPSA) is 133 Å². The maximum atomic E-state index is 8.90. The molecule has 0 aliphatic rings. The van der Waals surface area contributed by atoms with E-state index in [2.05, 4.69) is 30.8 Å². The van der Waals surface area contributed by atoms with Crippen LogP contribution < -0.4 is 15.5 Å². The van der Waals surface area contributed by atoms with E-state index in [4.69, 9.17) is 15.3 Å². The van der Waals surface area contributed by atoms with Crippen LogP contribution in [0.5, 0.6) is 5.75 Å². The van der Waals surface area contributed by atoms with Crippen molar-refractivity contribution in [2.45, 2.75) is 13.0 Å². The van der Waals surface area contributed by atoms with Gasteiger partial charge in [-0.2, -0.15) is 5.10 Å². The summed E-state index contributed by atoms with van der Waals surface area (Å²) in [5.74, 6) is 1.41. The number of pyridine rings is 1. The molecule has 34 heavy (non-hydrogen) atoms. The molecule has 3 heterocycles. The van der Waals surface area contributed by atoms with E-state index in [1.807, 2.05) is 53.1 Å². The lowest BCUT2D eigenvalue weighted by molar-refractivity contribution is 0.233. The Bertz CT molecular complexity index is 1280. The van der Waals surface area contributed by atoms with Crippen LogP contribution in [0.1, 0.15) is 17.5 Å². The molecule has 0 bridgehead atoms. The highest BCUT2D eigenvalue weighted by molar-refractivity contribution is 6.37. The van der Waals surface area contributed by atoms with E-state index in [1.165, 1.54) is 12.5 Å². The average Bonchev–Trinajstić information content (AvgIpc) is 3.30. The van der Waals surface area contributed by atoms with Gasteiger partial charge in [-0.15, -0.1) is 0 Å². The zero-order chi connectivity index (χ0) is 23.8. The molecule has 3 aromatic heterocycles. The summed E-state index contributed by atoms with van der Waals surface area (Å²) in [6.07, 6.45) is 6.99. The van der Waals surface area contributed by atoms with Crippen LogP contribution in [0.4, 0.5) is 5.82 Å². The third-order valence-corrected chi connectivity index (χ3v) is 5.08. The van der Waals surface area contributed by atoms with Crippen LogP contribution in [0.15, 0.2) is 66.3 Å². The molecule has 0 radical (unpaired) electrons. The van der Waals surface area contributed by atoms with Gasteiger partial charge in [0.25, 0.3) is 0 Å². The van der Waals surface area contributed by atoms with Gasteiger partial charge >= 0.3 is 0 Å². The van der Waals surface area contributed by atoms with Gasteiger partial charge in [0.1, 0.15) is 29.3 Å². The van der Waals surface area contributed by atoms with Gasteiger partial charge in [-0.25, -0.2) is 15.0 Å². The zero-order valence-corrected chi connectivity index (χ0v) is 18.8. The summed E-state index contributed by atoms with van der Waals surface area (Å²) >= 11 is 0. The second-order valence-electron chi connectivity index (χ2n) is 7.36. The second kappa shape index (κ2) is 11.0. The number of aliphatic hydroxyl groups is 1. The van der Waals surface area contributed by atoms with Gasteiger partial charge in [-0.1, -0.05) is 24.3 Å². The monoisotopic (exact) mass is 458 g/mol. The van der Waals surface area contributed by atoms with Crippen molar-refractivity contribution >= 4 is 23.4 Å². The summed E-state index contributed by atoms with van der Waals surface area (Å²) in [5, 5.41) is 23.8. The fourth-order valence-corrected chi connectivity index (χ4v) is 3.38. The van der Waals surface area contributed by atoms with E-state index in [0.717, 1.165) is 28.2 Å². The molecule has 10 heteroatoms.